The van der Waals surface area contributed by atoms with Crippen LogP contribution < -0.4 is 9.62 Å². The molecule has 0 radical (unpaired) electrons. The molecule has 1 amide bonds. The van der Waals surface area contributed by atoms with Gasteiger partial charge >= 0.3 is 0 Å². The highest BCUT2D eigenvalue weighted by Gasteiger charge is 2.18. The van der Waals surface area contributed by atoms with E-state index >= 15 is 0 Å². The Bertz CT molecular complexity index is 823. The summed E-state index contributed by atoms with van der Waals surface area (Å²) in [6.07, 6.45) is 1.70. The van der Waals surface area contributed by atoms with Crippen molar-refractivity contribution in [3.63, 3.8) is 0 Å². The first-order chi connectivity index (χ1) is 12.0. The number of sulfonamides is 1. The van der Waals surface area contributed by atoms with E-state index in [1.54, 1.807) is 23.1 Å². The van der Waals surface area contributed by atoms with Crippen molar-refractivity contribution in [2.75, 3.05) is 35.8 Å². The molecule has 1 fully saturated rings. The molecule has 1 aromatic carbocycles. The number of hydrogen-bond donors (Lipinski definition) is 1. The summed E-state index contributed by atoms with van der Waals surface area (Å²) in [5, 5.41) is 0. The molecular weight excluding hydrogens is 358 g/mol. The van der Waals surface area contributed by atoms with Crippen LogP contribution in [-0.4, -0.2) is 45.9 Å². The van der Waals surface area contributed by atoms with Gasteiger partial charge in [-0.2, -0.15) is 0 Å². The van der Waals surface area contributed by atoms with Crippen LogP contribution in [0.2, 0.25) is 0 Å². The number of carbonyl (C=O) groups excluding carboxylic acids is 1. The first-order valence-electron chi connectivity index (χ1n) is 8.17. The Morgan fingerprint density at radius 3 is 2.32 bits per heavy atom. The fraction of sp³-hybridized carbons (Fsp3) is 0.353. The van der Waals surface area contributed by atoms with E-state index in [4.69, 9.17) is 0 Å². The lowest BCUT2D eigenvalue weighted by Crippen LogP contribution is -2.45. The number of hydrogen-bond acceptors (Lipinski definition) is 5. The van der Waals surface area contributed by atoms with E-state index < -0.39 is 10.0 Å². The van der Waals surface area contributed by atoms with Crippen LogP contribution in [0.25, 0.3) is 0 Å². The molecule has 0 unspecified atom stereocenters. The first kappa shape index (κ1) is 17.8. The Kier molecular flexibility index (Phi) is 5.29. The predicted molar refractivity (Wildman–Crippen MR) is 101 cm³/mol. The minimum atomic E-state index is -3.54. The van der Waals surface area contributed by atoms with Crippen LogP contribution in [0, 0.1) is 0 Å². The van der Waals surface area contributed by atoms with E-state index in [1.807, 2.05) is 25.1 Å². The van der Waals surface area contributed by atoms with Crippen molar-refractivity contribution in [3.8, 4) is 0 Å². The smallest absolute Gasteiger partial charge is 0.271 e. The molecule has 0 bridgehead atoms. The van der Waals surface area contributed by atoms with Gasteiger partial charge in [0.05, 0.1) is 0 Å². The second-order valence-electron chi connectivity index (χ2n) is 5.86. The molecule has 2 aromatic rings. The van der Waals surface area contributed by atoms with Gasteiger partial charge in [0.1, 0.15) is 4.21 Å². The van der Waals surface area contributed by atoms with Crippen LogP contribution in [0.3, 0.4) is 0 Å². The molecule has 25 heavy (non-hydrogen) atoms. The zero-order valence-electron chi connectivity index (χ0n) is 14.0. The molecule has 134 valence electrons. The third-order valence-electron chi connectivity index (χ3n) is 4.20. The minimum absolute atomic E-state index is 0.332. The molecule has 1 aliphatic heterocycles. The van der Waals surface area contributed by atoms with Crippen molar-refractivity contribution < 1.29 is 13.2 Å². The van der Waals surface area contributed by atoms with Crippen molar-refractivity contribution in [3.05, 3.63) is 41.3 Å². The molecule has 1 saturated heterocycles. The molecule has 1 aliphatic rings. The Balaban J connectivity index is 1.67. The summed E-state index contributed by atoms with van der Waals surface area (Å²) in [5.41, 5.74) is 1.57. The summed E-state index contributed by atoms with van der Waals surface area (Å²) < 4.78 is 27.8. The summed E-state index contributed by atoms with van der Waals surface area (Å²) in [5.74, 6) is 0. The van der Waals surface area contributed by atoms with E-state index in [9.17, 15) is 13.2 Å². The molecule has 0 saturated carbocycles. The number of anilines is 2. The maximum Gasteiger partial charge on any atom is 0.271 e. The predicted octanol–water partition coefficient (Wildman–Crippen LogP) is 2.39. The summed E-state index contributed by atoms with van der Waals surface area (Å²) in [6, 6.07) is 10.8. The van der Waals surface area contributed by atoms with Gasteiger partial charge in [-0.25, -0.2) is 8.42 Å². The van der Waals surface area contributed by atoms with Crippen molar-refractivity contribution in [1.82, 2.24) is 4.90 Å². The van der Waals surface area contributed by atoms with Gasteiger partial charge in [-0.05, 0) is 42.8 Å². The van der Waals surface area contributed by atoms with Gasteiger partial charge in [0.15, 0.2) is 0 Å². The summed E-state index contributed by atoms with van der Waals surface area (Å²) in [6.45, 7) is 4.97. The molecule has 0 aliphatic carbocycles. The van der Waals surface area contributed by atoms with E-state index in [2.05, 4.69) is 9.62 Å². The summed E-state index contributed by atoms with van der Waals surface area (Å²) >= 11 is 1.30. The van der Waals surface area contributed by atoms with Crippen LogP contribution in [0.5, 0.6) is 0 Å². The monoisotopic (exact) mass is 379 g/mol. The fourth-order valence-corrected chi connectivity index (χ4v) is 5.08. The van der Waals surface area contributed by atoms with Crippen LogP contribution in [-0.2, 0) is 21.2 Å². The summed E-state index contributed by atoms with van der Waals surface area (Å²) in [7, 11) is -3.54. The van der Waals surface area contributed by atoms with Crippen LogP contribution in [0.15, 0.2) is 40.6 Å². The standard InChI is InChI=1S/C17H21N3O3S2/c1-2-16-7-8-17(24-16)25(22,23)18-14-3-5-15(6-4-14)20-11-9-19(13-21)10-12-20/h3-8,13,18H,2,9-12H2,1H3. The molecule has 2 heterocycles. The molecule has 6 nitrogen and oxygen atoms in total. The minimum Gasteiger partial charge on any atom is -0.368 e. The van der Waals surface area contributed by atoms with Gasteiger partial charge in [0, 0.05) is 42.4 Å². The molecule has 1 aromatic heterocycles. The Hall–Kier alpha value is -2.06. The van der Waals surface area contributed by atoms with Gasteiger partial charge in [-0.15, -0.1) is 11.3 Å². The highest BCUT2D eigenvalue weighted by atomic mass is 32.2. The SMILES string of the molecule is CCc1ccc(S(=O)(=O)Nc2ccc(N3CCN(C=O)CC3)cc2)s1. The number of amides is 1. The largest absolute Gasteiger partial charge is 0.368 e. The second kappa shape index (κ2) is 7.45. The lowest BCUT2D eigenvalue weighted by Gasteiger charge is -2.34. The number of nitrogens with zero attached hydrogens (tertiary/aromatic N) is 2. The first-order valence-corrected chi connectivity index (χ1v) is 10.5. The number of nitrogens with one attached hydrogen (secondary N) is 1. The maximum atomic E-state index is 12.4. The Morgan fingerprint density at radius 2 is 1.76 bits per heavy atom. The number of aryl methyl sites for hydroxylation is 1. The third kappa shape index (κ3) is 4.13. The van der Waals surface area contributed by atoms with Gasteiger partial charge in [0.25, 0.3) is 10.0 Å². The highest BCUT2D eigenvalue weighted by molar-refractivity contribution is 7.94. The van der Waals surface area contributed by atoms with E-state index in [0.717, 1.165) is 36.5 Å². The maximum absolute atomic E-state index is 12.4. The van der Waals surface area contributed by atoms with Gasteiger partial charge in [0.2, 0.25) is 6.41 Å². The number of benzene rings is 1. The third-order valence-corrected chi connectivity index (χ3v) is 7.30. The quantitative estimate of drug-likeness (QED) is 0.783. The second-order valence-corrected chi connectivity index (χ2v) is 8.93. The zero-order valence-corrected chi connectivity index (χ0v) is 15.6. The molecule has 1 N–H and O–H groups in total. The van der Waals surface area contributed by atoms with E-state index in [-0.39, 0.29) is 0 Å². The van der Waals surface area contributed by atoms with Crippen LogP contribution in [0.1, 0.15) is 11.8 Å². The molecule has 3 rings (SSSR count). The van der Waals surface area contributed by atoms with Crippen molar-refractivity contribution in [1.29, 1.82) is 0 Å². The lowest BCUT2D eigenvalue weighted by atomic mass is 10.2. The number of carbonyl (C=O) groups is 1. The highest BCUT2D eigenvalue weighted by Crippen LogP contribution is 2.25. The molecule has 8 heteroatoms. The topological polar surface area (TPSA) is 69.7 Å². The average molecular weight is 380 g/mol. The number of rotatable bonds is 6. The molecular formula is C17H21N3O3S2. The normalized spacial score (nSPS) is 15.2. The lowest BCUT2D eigenvalue weighted by molar-refractivity contribution is -0.118. The average Bonchev–Trinajstić information content (AvgIpc) is 3.12. The summed E-state index contributed by atoms with van der Waals surface area (Å²) in [4.78, 5) is 15.7. The van der Waals surface area contributed by atoms with Crippen LogP contribution >= 0.6 is 11.3 Å². The van der Waals surface area contributed by atoms with Crippen molar-refractivity contribution >= 4 is 39.1 Å². The number of thiophene rings is 1. The molecule has 0 atom stereocenters. The Labute approximate surface area is 152 Å². The van der Waals surface area contributed by atoms with Crippen molar-refractivity contribution in [2.45, 2.75) is 17.6 Å². The van der Waals surface area contributed by atoms with E-state index in [1.165, 1.54) is 11.3 Å². The molecule has 0 spiro atoms. The van der Waals surface area contributed by atoms with Crippen molar-refractivity contribution in [2.24, 2.45) is 0 Å². The van der Waals surface area contributed by atoms with Gasteiger partial charge in [-0.1, -0.05) is 6.92 Å². The van der Waals surface area contributed by atoms with Gasteiger partial charge in [-0.3, -0.25) is 9.52 Å². The zero-order chi connectivity index (χ0) is 17.9. The Morgan fingerprint density at radius 1 is 1.08 bits per heavy atom. The number of piperazine rings is 1. The fourth-order valence-electron chi connectivity index (χ4n) is 2.72. The van der Waals surface area contributed by atoms with Gasteiger partial charge < -0.3 is 9.80 Å². The van der Waals surface area contributed by atoms with E-state index in [0.29, 0.717) is 23.0 Å². The van der Waals surface area contributed by atoms with Crippen LogP contribution in [0.4, 0.5) is 11.4 Å².